The molecule has 0 fully saturated rings. The molecule has 0 bridgehead atoms. The van der Waals surface area contributed by atoms with Crippen molar-refractivity contribution < 1.29 is 0 Å². The molecule has 3 rings (SSSR count). The van der Waals surface area contributed by atoms with Crippen LogP contribution in [0.1, 0.15) is 26.6 Å². The lowest BCUT2D eigenvalue weighted by atomic mass is 9.96. The van der Waals surface area contributed by atoms with Crippen LogP contribution in [0.25, 0.3) is 16.4 Å². The molecule has 0 unspecified atom stereocenters. The molecule has 0 saturated carbocycles. The first kappa shape index (κ1) is 10.3. The van der Waals surface area contributed by atoms with Crippen molar-refractivity contribution in [2.24, 2.45) is 0 Å². The zero-order valence-electron chi connectivity index (χ0n) is 10.3. The summed E-state index contributed by atoms with van der Waals surface area (Å²) in [6, 6.07) is 10.4. The molecule has 17 heavy (non-hydrogen) atoms. The summed E-state index contributed by atoms with van der Waals surface area (Å²) in [7, 11) is 0. The van der Waals surface area contributed by atoms with Gasteiger partial charge < -0.3 is 0 Å². The van der Waals surface area contributed by atoms with Gasteiger partial charge in [-0.25, -0.2) is 0 Å². The van der Waals surface area contributed by atoms with Crippen LogP contribution in [-0.4, -0.2) is 14.6 Å². The Balaban J connectivity index is 2.43. The minimum Gasteiger partial charge on any atom is -0.285 e. The van der Waals surface area contributed by atoms with Gasteiger partial charge >= 0.3 is 0 Å². The monoisotopic (exact) mass is 225 g/mol. The van der Waals surface area contributed by atoms with Gasteiger partial charge in [-0.15, -0.1) is 10.2 Å². The van der Waals surface area contributed by atoms with Crippen LogP contribution in [0.2, 0.25) is 0 Å². The standard InChI is InChI=1S/C14H15N3/c1-14(2,3)13-16-15-12-11-7-5-4-6-10(11)8-9-17(12)13/h4-9H,1-3H3. The third-order valence-electron chi connectivity index (χ3n) is 2.97. The molecule has 0 spiro atoms. The molecule has 3 nitrogen and oxygen atoms in total. The molecule has 0 atom stereocenters. The maximum absolute atomic E-state index is 4.33. The Morgan fingerprint density at radius 3 is 2.53 bits per heavy atom. The summed E-state index contributed by atoms with van der Waals surface area (Å²) in [6.45, 7) is 6.45. The largest absolute Gasteiger partial charge is 0.285 e. The lowest BCUT2D eigenvalue weighted by Gasteiger charge is -2.15. The van der Waals surface area contributed by atoms with Crippen LogP contribution in [-0.2, 0) is 5.41 Å². The van der Waals surface area contributed by atoms with Crippen molar-refractivity contribution in [2.75, 3.05) is 0 Å². The van der Waals surface area contributed by atoms with E-state index in [1.165, 1.54) is 5.39 Å². The highest BCUT2D eigenvalue weighted by Gasteiger charge is 2.21. The number of aromatic nitrogens is 3. The second kappa shape index (κ2) is 3.29. The molecule has 0 aliphatic carbocycles. The molecule has 0 aliphatic heterocycles. The molecule has 86 valence electrons. The Morgan fingerprint density at radius 1 is 1.00 bits per heavy atom. The summed E-state index contributed by atoms with van der Waals surface area (Å²) in [5.41, 5.74) is 0.940. The smallest absolute Gasteiger partial charge is 0.168 e. The first-order chi connectivity index (χ1) is 8.07. The predicted molar refractivity (Wildman–Crippen MR) is 69.2 cm³/mol. The van der Waals surface area contributed by atoms with Crippen LogP contribution >= 0.6 is 0 Å². The Bertz CT molecular complexity index is 689. The van der Waals surface area contributed by atoms with Gasteiger partial charge in [-0.2, -0.15) is 0 Å². The fourth-order valence-corrected chi connectivity index (χ4v) is 2.13. The molecule has 3 heteroatoms. The summed E-state index contributed by atoms with van der Waals surface area (Å²) < 4.78 is 2.09. The van der Waals surface area contributed by atoms with Gasteiger partial charge in [-0.3, -0.25) is 4.40 Å². The number of hydrogen-bond donors (Lipinski definition) is 0. The highest BCUT2D eigenvalue weighted by atomic mass is 15.3. The van der Waals surface area contributed by atoms with Crippen LogP contribution in [0, 0.1) is 0 Å². The molecule has 0 amide bonds. The summed E-state index contributed by atoms with van der Waals surface area (Å²) in [6.07, 6.45) is 2.05. The topological polar surface area (TPSA) is 30.2 Å². The quantitative estimate of drug-likeness (QED) is 0.588. The zero-order chi connectivity index (χ0) is 12.0. The molecule has 0 saturated heterocycles. The van der Waals surface area contributed by atoms with E-state index in [1.807, 2.05) is 12.1 Å². The molecule has 0 N–H and O–H groups in total. The van der Waals surface area contributed by atoms with Crippen LogP contribution in [0.5, 0.6) is 0 Å². The SMILES string of the molecule is CC(C)(C)c1nnc2c3ccccc3ccn12. The predicted octanol–water partition coefficient (Wildman–Crippen LogP) is 3.18. The van der Waals surface area contributed by atoms with Gasteiger partial charge in [0.25, 0.3) is 0 Å². The number of benzene rings is 1. The molecular weight excluding hydrogens is 210 g/mol. The van der Waals surface area contributed by atoms with Crippen molar-refractivity contribution in [1.29, 1.82) is 0 Å². The van der Waals surface area contributed by atoms with Crippen molar-refractivity contribution in [1.82, 2.24) is 14.6 Å². The van der Waals surface area contributed by atoms with Crippen LogP contribution in [0.3, 0.4) is 0 Å². The van der Waals surface area contributed by atoms with Crippen molar-refractivity contribution in [2.45, 2.75) is 26.2 Å². The Labute approximate surface area is 100 Å². The minimum absolute atomic E-state index is 0.00186. The molecule has 2 heterocycles. The lowest BCUT2D eigenvalue weighted by Crippen LogP contribution is -2.15. The van der Waals surface area contributed by atoms with Gasteiger partial charge in [-0.1, -0.05) is 45.0 Å². The summed E-state index contributed by atoms with van der Waals surface area (Å²) in [4.78, 5) is 0. The average Bonchev–Trinajstić information content (AvgIpc) is 2.72. The van der Waals surface area contributed by atoms with Gasteiger partial charge in [0.05, 0.1) is 0 Å². The van der Waals surface area contributed by atoms with E-state index in [9.17, 15) is 0 Å². The Morgan fingerprint density at radius 2 is 1.76 bits per heavy atom. The van der Waals surface area contributed by atoms with E-state index in [4.69, 9.17) is 0 Å². The van der Waals surface area contributed by atoms with Gasteiger partial charge in [-0.05, 0) is 11.5 Å². The second-order valence-corrected chi connectivity index (χ2v) is 5.37. The van der Waals surface area contributed by atoms with E-state index in [0.29, 0.717) is 0 Å². The number of fused-ring (bicyclic) bond motifs is 3. The van der Waals surface area contributed by atoms with Gasteiger partial charge in [0, 0.05) is 17.0 Å². The van der Waals surface area contributed by atoms with Gasteiger partial charge in [0.15, 0.2) is 5.65 Å². The molecule has 0 aliphatic rings. The maximum Gasteiger partial charge on any atom is 0.168 e. The summed E-state index contributed by atoms with van der Waals surface area (Å²) >= 11 is 0. The highest BCUT2D eigenvalue weighted by molar-refractivity contribution is 5.93. The first-order valence-corrected chi connectivity index (χ1v) is 5.80. The molecular formula is C14H15N3. The number of rotatable bonds is 0. The number of nitrogens with zero attached hydrogens (tertiary/aromatic N) is 3. The van der Waals surface area contributed by atoms with E-state index in [1.54, 1.807) is 0 Å². The van der Waals surface area contributed by atoms with Gasteiger partial charge in [0.2, 0.25) is 0 Å². The molecule has 0 radical (unpaired) electrons. The van der Waals surface area contributed by atoms with Crippen molar-refractivity contribution in [3.05, 3.63) is 42.4 Å². The van der Waals surface area contributed by atoms with Gasteiger partial charge in [0.1, 0.15) is 5.82 Å². The Hall–Kier alpha value is -1.90. The zero-order valence-corrected chi connectivity index (χ0v) is 10.3. The van der Waals surface area contributed by atoms with E-state index in [-0.39, 0.29) is 5.41 Å². The molecule has 2 aromatic heterocycles. The lowest BCUT2D eigenvalue weighted by molar-refractivity contribution is 0.539. The number of hydrogen-bond acceptors (Lipinski definition) is 2. The second-order valence-electron chi connectivity index (χ2n) is 5.37. The molecule has 3 aromatic rings. The third-order valence-corrected chi connectivity index (χ3v) is 2.97. The minimum atomic E-state index is 0.00186. The van der Waals surface area contributed by atoms with Crippen LogP contribution < -0.4 is 0 Å². The first-order valence-electron chi connectivity index (χ1n) is 5.80. The maximum atomic E-state index is 4.33. The van der Waals surface area contributed by atoms with Crippen molar-refractivity contribution in [3.63, 3.8) is 0 Å². The van der Waals surface area contributed by atoms with E-state index < -0.39 is 0 Å². The average molecular weight is 225 g/mol. The summed E-state index contributed by atoms with van der Waals surface area (Å²) in [5.74, 6) is 0.998. The normalized spacial score (nSPS) is 12.4. The highest BCUT2D eigenvalue weighted by Crippen LogP contribution is 2.24. The van der Waals surface area contributed by atoms with Crippen LogP contribution in [0.15, 0.2) is 36.5 Å². The van der Waals surface area contributed by atoms with Crippen LogP contribution in [0.4, 0.5) is 0 Å². The van der Waals surface area contributed by atoms with Crippen molar-refractivity contribution >= 4 is 16.4 Å². The van der Waals surface area contributed by atoms with E-state index in [0.717, 1.165) is 16.9 Å². The van der Waals surface area contributed by atoms with E-state index >= 15 is 0 Å². The fourth-order valence-electron chi connectivity index (χ4n) is 2.13. The third kappa shape index (κ3) is 1.50. The number of pyridine rings is 1. The molecule has 1 aromatic carbocycles. The van der Waals surface area contributed by atoms with Crippen molar-refractivity contribution in [3.8, 4) is 0 Å². The van der Waals surface area contributed by atoms with E-state index in [2.05, 4.69) is 59.8 Å². The fraction of sp³-hybridized carbons (Fsp3) is 0.286. The Kier molecular flexibility index (Phi) is 1.99. The summed E-state index contributed by atoms with van der Waals surface area (Å²) in [5, 5.41) is 11.0.